The first-order chi connectivity index (χ1) is 13.4. The highest BCUT2D eigenvalue weighted by Crippen LogP contribution is 2.33. The summed E-state index contributed by atoms with van der Waals surface area (Å²) in [7, 11) is 2.87. The number of ether oxygens (including phenoxy) is 2. The number of hydrogen-bond donors (Lipinski definition) is 0. The van der Waals surface area contributed by atoms with Crippen molar-refractivity contribution in [2.75, 3.05) is 32.2 Å². The molecule has 6 nitrogen and oxygen atoms in total. The van der Waals surface area contributed by atoms with Crippen molar-refractivity contribution in [2.24, 2.45) is 0 Å². The number of aromatic nitrogens is 2. The number of alkyl halides is 2. The molecule has 28 heavy (non-hydrogen) atoms. The molecular formula is C20H23F2N3O3. The second-order valence-electron chi connectivity index (χ2n) is 6.79. The smallest absolute Gasteiger partial charge is 0.342 e. The average Bonchev–Trinajstić information content (AvgIpc) is 2.87. The summed E-state index contributed by atoms with van der Waals surface area (Å²) in [6.07, 6.45) is -0.142. The van der Waals surface area contributed by atoms with E-state index in [-0.39, 0.29) is 24.9 Å². The zero-order chi connectivity index (χ0) is 20.3. The molecule has 1 saturated heterocycles. The lowest BCUT2D eigenvalue weighted by molar-refractivity contribution is -0.0102. The SMILES string of the molecule is COC(=O)c1c(N2CCCC(F)(F)CC2)nnc(-c2ccc(OC)cc2)c1C. The number of benzene rings is 1. The highest BCUT2D eigenvalue weighted by Gasteiger charge is 2.34. The summed E-state index contributed by atoms with van der Waals surface area (Å²) >= 11 is 0. The minimum Gasteiger partial charge on any atom is -0.497 e. The van der Waals surface area contributed by atoms with Gasteiger partial charge in [0.1, 0.15) is 11.3 Å². The molecule has 3 rings (SSSR count). The maximum Gasteiger partial charge on any atom is 0.342 e. The van der Waals surface area contributed by atoms with Crippen molar-refractivity contribution in [3.05, 3.63) is 35.4 Å². The van der Waals surface area contributed by atoms with Gasteiger partial charge in [0, 0.05) is 31.5 Å². The molecular weight excluding hydrogens is 368 g/mol. The van der Waals surface area contributed by atoms with Crippen molar-refractivity contribution in [2.45, 2.75) is 32.1 Å². The summed E-state index contributed by atoms with van der Waals surface area (Å²) < 4.78 is 37.6. The molecule has 0 spiro atoms. The van der Waals surface area contributed by atoms with Gasteiger partial charge in [-0.1, -0.05) is 0 Å². The average molecular weight is 391 g/mol. The van der Waals surface area contributed by atoms with Crippen LogP contribution in [0.5, 0.6) is 5.75 Å². The summed E-state index contributed by atoms with van der Waals surface area (Å²) in [4.78, 5) is 14.2. The highest BCUT2D eigenvalue weighted by molar-refractivity contribution is 5.98. The summed E-state index contributed by atoms with van der Waals surface area (Å²) in [5, 5.41) is 8.54. The minimum absolute atomic E-state index is 0.104. The van der Waals surface area contributed by atoms with Gasteiger partial charge in [-0.15, -0.1) is 10.2 Å². The fraction of sp³-hybridized carbons (Fsp3) is 0.450. The van der Waals surface area contributed by atoms with E-state index in [2.05, 4.69) is 10.2 Å². The van der Waals surface area contributed by atoms with Crippen molar-refractivity contribution in [1.29, 1.82) is 0 Å². The van der Waals surface area contributed by atoms with E-state index in [4.69, 9.17) is 9.47 Å². The molecule has 150 valence electrons. The van der Waals surface area contributed by atoms with Crippen LogP contribution in [0, 0.1) is 6.92 Å². The van der Waals surface area contributed by atoms with Crippen molar-refractivity contribution in [1.82, 2.24) is 10.2 Å². The van der Waals surface area contributed by atoms with Gasteiger partial charge < -0.3 is 14.4 Å². The van der Waals surface area contributed by atoms with E-state index in [9.17, 15) is 13.6 Å². The Hall–Kier alpha value is -2.77. The van der Waals surface area contributed by atoms with E-state index in [1.54, 1.807) is 31.1 Å². The summed E-state index contributed by atoms with van der Waals surface area (Å²) in [5.74, 6) is -2.27. The van der Waals surface area contributed by atoms with Crippen molar-refractivity contribution >= 4 is 11.8 Å². The first-order valence-electron chi connectivity index (χ1n) is 9.09. The molecule has 1 aromatic heterocycles. The van der Waals surface area contributed by atoms with Gasteiger partial charge in [0.2, 0.25) is 5.92 Å². The summed E-state index contributed by atoms with van der Waals surface area (Å²) in [5.41, 5.74) is 2.16. The largest absolute Gasteiger partial charge is 0.497 e. The number of nitrogens with zero attached hydrogens (tertiary/aromatic N) is 3. The second kappa shape index (κ2) is 8.08. The van der Waals surface area contributed by atoms with E-state index >= 15 is 0 Å². The number of esters is 1. The van der Waals surface area contributed by atoms with Crippen LogP contribution in [0.15, 0.2) is 24.3 Å². The molecule has 0 radical (unpaired) electrons. The number of halogens is 2. The molecule has 0 aliphatic carbocycles. The van der Waals surface area contributed by atoms with E-state index in [1.807, 2.05) is 12.1 Å². The Morgan fingerprint density at radius 1 is 1.11 bits per heavy atom. The quantitative estimate of drug-likeness (QED) is 0.737. The van der Waals surface area contributed by atoms with E-state index in [0.717, 1.165) is 5.56 Å². The second-order valence-corrected chi connectivity index (χ2v) is 6.79. The fourth-order valence-electron chi connectivity index (χ4n) is 3.38. The number of hydrogen-bond acceptors (Lipinski definition) is 6. The molecule has 2 heterocycles. The Bertz CT molecular complexity index is 857. The van der Waals surface area contributed by atoms with Gasteiger partial charge in [-0.2, -0.15) is 0 Å². The minimum atomic E-state index is -2.70. The van der Waals surface area contributed by atoms with Crippen LogP contribution in [0.2, 0.25) is 0 Å². The lowest BCUT2D eigenvalue weighted by Crippen LogP contribution is -2.29. The van der Waals surface area contributed by atoms with Crippen LogP contribution in [0.1, 0.15) is 35.2 Å². The lowest BCUT2D eigenvalue weighted by Gasteiger charge is -2.24. The van der Waals surface area contributed by atoms with Crippen LogP contribution in [0.25, 0.3) is 11.3 Å². The Labute approximate surface area is 162 Å². The topological polar surface area (TPSA) is 64.5 Å². The molecule has 8 heteroatoms. The number of carbonyl (C=O) groups is 1. The van der Waals surface area contributed by atoms with Crippen LogP contribution >= 0.6 is 0 Å². The third-order valence-electron chi connectivity index (χ3n) is 4.97. The van der Waals surface area contributed by atoms with Crippen LogP contribution in [0.3, 0.4) is 0 Å². The van der Waals surface area contributed by atoms with Crippen LogP contribution in [0.4, 0.5) is 14.6 Å². The number of rotatable bonds is 4. The summed E-state index contributed by atoms with van der Waals surface area (Å²) in [6.45, 7) is 2.25. The van der Waals surface area contributed by atoms with Crippen molar-refractivity contribution in [3.8, 4) is 17.0 Å². The Morgan fingerprint density at radius 3 is 2.46 bits per heavy atom. The van der Waals surface area contributed by atoms with Gasteiger partial charge >= 0.3 is 5.97 Å². The molecule has 0 saturated carbocycles. The third kappa shape index (κ3) is 4.05. The maximum absolute atomic E-state index is 13.7. The Morgan fingerprint density at radius 2 is 1.82 bits per heavy atom. The van der Waals surface area contributed by atoms with Crippen LogP contribution in [-0.4, -0.2) is 49.4 Å². The van der Waals surface area contributed by atoms with Crippen LogP contribution < -0.4 is 9.64 Å². The number of anilines is 1. The van der Waals surface area contributed by atoms with Gasteiger partial charge in [-0.05, 0) is 43.2 Å². The monoisotopic (exact) mass is 391 g/mol. The maximum atomic E-state index is 13.7. The predicted octanol–water partition coefficient (Wildman–Crippen LogP) is 3.87. The first kappa shape index (κ1) is 20.0. The lowest BCUT2D eigenvalue weighted by atomic mass is 10.0. The normalized spacial score (nSPS) is 16.4. The molecule has 1 aliphatic rings. The van der Waals surface area contributed by atoms with Gasteiger partial charge in [0.25, 0.3) is 0 Å². The molecule has 0 unspecified atom stereocenters. The van der Waals surface area contributed by atoms with Crippen molar-refractivity contribution < 1.29 is 23.0 Å². The van der Waals surface area contributed by atoms with Gasteiger partial charge in [0.15, 0.2) is 5.82 Å². The molecule has 0 amide bonds. The van der Waals surface area contributed by atoms with Gasteiger partial charge in [0.05, 0.1) is 19.9 Å². The standard InChI is InChI=1S/C20H23F2N3O3/c1-13-16(19(26)28-3)18(25-11-4-9-20(21,22)10-12-25)24-23-17(13)14-5-7-15(27-2)8-6-14/h5-8H,4,9-12H2,1-3H3. The molecule has 0 bridgehead atoms. The predicted molar refractivity (Wildman–Crippen MR) is 101 cm³/mol. The summed E-state index contributed by atoms with van der Waals surface area (Å²) in [6, 6.07) is 7.23. The zero-order valence-corrected chi connectivity index (χ0v) is 16.2. The van der Waals surface area contributed by atoms with Crippen molar-refractivity contribution in [3.63, 3.8) is 0 Å². The first-order valence-corrected chi connectivity index (χ1v) is 9.09. The Kier molecular flexibility index (Phi) is 5.76. The fourth-order valence-corrected chi connectivity index (χ4v) is 3.38. The highest BCUT2D eigenvalue weighted by atomic mass is 19.3. The third-order valence-corrected chi connectivity index (χ3v) is 4.97. The molecule has 2 aromatic rings. The number of methoxy groups -OCH3 is 2. The molecule has 1 aliphatic heterocycles. The van der Waals surface area contributed by atoms with E-state index in [1.165, 1.54) is 7.11 Å². The zero-order valence-electron chi connectivity index (χ0n) is 16.2. The van der Waals surface area contributed by atoms with E-state index in [0.29, 0.717) is 35.8 Å². The van der Waals surface area contributed by atoms with Gasteiger partial charge in [-0.25, -0.2) is 13.6 Å². The Balaban J connectivity index is 2.04. The molecule has 0 N–H and O–H groups in total. The molecule has 0 atom stereocenters. The number of carbonyl (C=O) groups excluding carboxylic acids is 1. The molecule has 1 fully saturated rings. The molecule has 1 aromatic carbocycles. The van der Waals surface area contributed by atoms with Gasteiger partial charge in [-0.3, -0.25) is 0 Å². The van der Waals surface area contributed by atoms with E-state index < -0.39 is 11.9 Å². The van der Waals surface area contributed by atoms with Crippen LogP contribution in [-0.2, 0) is 4.74 Å².